The van der Waals surface area contributed by atoms with Crippen LogP contribution in [0.15, 0.2) is 33.6 Å². The van der Waals surface area contributed by atoms with Crippen molar-refractivity contribution < 1.29 is 4.21 Å². The predicted octanol–water partition coefficient (Wildman–Crippen LogP) is 2.68. The van der Waals surface area contributed by atoms with Gasteiger partial charge in [0.1, 0.15) is 0 Å². The third-order valence-electron chi connectivity index (χ3n) is 2.12. The Kier molecular flexibility index (Phi) is 4.96. The van der Waals surface area contributed by atoms with Crippen molar-refractivity contribution in [3.8, 4) is 0 Å². The molecular weight excluding hydrogens is 274 g/mol. The molecule has 0 saturated heterocycles. The molecule has 3 unspecified atom stereocenters. The Hall–Kier alpha value is -0.190. The summed E-state index contributed by atoms with van der Waals surface area (Å²) in [5.74, 6) is 0. The molecule has 2 nitrogen and oxygen atoms in total. The highest BCUT2D eigenvalue weighted by Crippen LogP contribution is 2.17. The first-order valence-corrected chi connectivity index (χ1v) is 6.93. The average Bonchev–Trinajstić information content (AvgIpc) is 2.17. The van der Waals surface area contributed by atoms with E-state index in [4.69, 9.17) is 5.73 Å². The summed E-state index contributed by atoms with van der Waals surface area (Å²) in [6, 6.07) is 7.69. The molecule has 0 saturated carbocycles. The summed E-state index contributed by atoms with van der Waals surface area (Å²) < 4.78 is 13.0. The second kappa shape index (κ2) is 5.77. The van der Waals surface area contributed by atoms with Gasteiger partial charge in [0.05, 0.1) is 10.8 Å². The Balaban J connectivity index is 2.72. The molecule has 1 aromatic rings. The third kappa shape index (κ3) is 4.05. The fraction of sp³-hybridized carbons (Fsp3) is 0.455. The lowest BCUT2D eigenvalue weighted by atomic mass is 10.2. The van der Waals surface area contributed by atoms with Gasteiger partial charge < -0.3 is 5.73 Å². The van der Waals surface area contributed by atoms with Gasteiger partial charge in [-0.3, -0.25) is 4.21 Å². The van der Waals surface area contributed by atoms with Gasteiger partial charge in [0.2, 0.25) is 0 Å². The van der Waals surface area contributed by atoms with Crippen LogP contribution in [0.2, 0.25) is 0 Å². The average molecular weight is 290 g/mol. The van der Waals surface area contributed by atoms with Gasteiger partial charge in [0.25, 0.3) is 0 Å². The van der Waals surface area contributed by atoms with Crippen molar-refractivity contribution in [3.05, 3.63) is 28.7 Å². The van der Waals surface area contributed by atoms with Gasteiger partial charge in [0.15, 0.2) is 0 Å². The lowest BCUT2D eigenvalue weighted by Gasteiger charge is -2.13. The van der Waals surface area contributed by atoms with Crippen LogP contribution in [0.25, 0.3) is 0 Å². The van der Waals surface area contributed by atoms with Crippen molar-refractivity contribution >= 4 is 26.7 Å². The molecule has 1 rings (SSSR count). The topological polar surface area (TPSA) is 43.1 Å². The van der Waals surface area contributed by atoms with E-state index in [0.29, 0.717) is 0 Å². The summed E-state index contributed by atoms with van der Waals surface area (Å²) in [6.07, 6.45) is 0.780. The Labute approximate surface area is 102 Å². The standard InChI is InChI=1S/C11H16BrNOS/c1-8(13)7-9(2)15(14)11-5-3-10(12)4-6-11/h3-6,8-9H,7,13H2,1-2H3. The molecular formula is C11H16BrNOS. The van der Waals surface area contributed by atoms with Gasteiger partial charge in [-0.25, -0.2) is 0 Å². The summed E-state index contributed by atoms with van der Waals surface area (Å²) in [7, 11) is -0.958. The van der Waals surface area contributed by atoms with Gasteiger partial charge in [-0.05, 0) is 37.6 Å². The maximum atomic E-state index is 12.0. The summed E-state index contributed by atoms with van der Waals surface area (Å²) in [5, 5.41) is 0.103. The van der Waals surface area contributed by atoms with E-state index in [1.165, 1.54) is 0 Å². The van der Waals surface area contributed by atoms with E-state index in [-0.39, 0.29) is 11.3 Å². The SMILES string of the molecule is CC(N)CC(C)S(=O)c1ccc(Br)cc1. The Bertz CT molecular complexity index is 337. The van der Waals surface area contributed by atoms with Crippen LogP contribution in [0.1, 0.15) is 20.3 Å². The second-order valence-corrected chi connectivity index (χ2v) is 6.56. The maximum Gasteiger partial charge on any atom is 0.0558 e. The summed E-state index contributed by atoms with van der Waals surface area (Å²) in [4.78, 5) is 0.867. The van der Waals surface area contributed by atoms with Crippen LogP contribution in [0.3, 0.4) is 0 Å². The molecule has 1 aromatic carbocycles. The quantitative estimate of drug-likeness (QED) is 0.926. The molecule has 3 atom stereocenters. The normalized spacial score (nSPS) is 17.1. The highest BCUT2D eigenvalue weighted by molar-refractivity contribution is 9.10. The highest BCUT2D eigenvalue weighted by atomic mass is 79.9. The van der Waals surface area contributed by atoms with Gasteiger partial charge in [0, 0.05) is 20.7 Å². The maximum absolute atomic E-state index is 12.0. The molecule has 0 aliphatic rings. The summed E-state index contributed by atoms with van der Waals surface area (Å²) in [5.41, 5.74) is 5.69. The fourth-order valence-electron chi connectivity index (χ4n) is 1.41. The van der Waals surface area contributed by atoms with Crippen molar-refractivity contribution in [3.63, 3.8) is 0 Å². The van der Waals surface area contributed by atoms with E-state index in [9.17, 15) is 4.21 Å². The van der Waals surface area contributed by atoms with Crippen molar-refractivity contribution in [1.82, 2.24) is 0 Å². The van der Waals surface area contributed by atoms with Crippen molar-refractivity contribution in [2.24, 2.45) is 5.73 Å². The molecule has 0 amide bonds. The van der Waals surface area contributed by atoms with Crippen molar-refractivity contribution in [2.75, 3.05) is 0 Å². The van der Waals surface area contributed by atoms with Crippen LogP contribution in [-0.4, -0.2) is 15.5 Å². The smallest absolute Gasteiger partial charge is 0.0558 e. The third-order valence-corrected chi connectivity index (χ3v) is 4.30. The van der Waals surface area contributed by atoms with Crippen molar-refractivity contribution in [2.45, 2.75) is 36.5 Å². The van der Waals surface area contributed by atoms with Crippen LogP contribution in [0.5, 0.6) is 0 Å². The molecule has 0 aromatic heterocycles. The molecule has 0 aliphatic carbocycles. The van der Waals surface area contributed by atoms with Crippen molar-refractivity contribution in [1.29, 1.82) is 0 Å². The summed E-state index contributed by atoms with van der Waals surface area (Å²) in [6.45, 7) is 3.91. The zero-order valence-corrected chi connectivity index (χ0v) is 11.3. The van der Waals surface area contributed by atoms with Crippen LogP contribution in [-0.2, 0) is 10.8 Å². The van der Waals surface area contributed by atoms with Crippen LogP contribution >= 0.6 is 15.9 Å². The first-order valence-electron chi connectivity index (χ1n) is 4.92. The minimum atomic E-state index is -0.958. The zero-order valence-electron chi connectivity index (χ0n) is 8.94. The Morgan fingerprint density at radius 3 is 2.33 bits per heavy atom. The second-order valence-electron chi connectivity index (χ2n) is 3.77. The largest absolute Gasteiger partial charge is 0.328 e. The molecule has 84 valence electrons. The molecule has 0 spiro atoms. The van der Waals surface area contributed by atoms with E-state index in [1.807, 2.05) is 38.1 Å². The molecule has 15 heavy (non-hydrogen) atoms. The molecule has 2 N–H and O–H groups in total. The number of hydrogen-bond acceptors (Lipinski definition) is 2. The Morgan fingerprint density at radius 1 is 1.33 bits per heavy atom. The van der Waals surface area contributed by atoms with E-state index < -0.39 is 10.8 Å². The number of nitrogens with two attached hydrogens (primary N) is 1. The van der Waals surface area contributed by atoms with E-state index >= 15 is 0 Å². The van der Waals surface area contributed by atoms with Crippen LogP contribution < -0.4 is 5.73 Å². The number of rotatable bonds is 4. The van der Waals surface area contributed by atoms with E-state index in [2.05, 4.69) is 15.9 Å². The van der Waals surface area contributed by atoms with Gasteiger partial charge in [-0.2, -0.15) is 0 Å². The lowest BCUT2D eigenvalue weighted by Crippen LogP contribution is -2.23. The summed E-state index contributed by atoms with van der Waals surface area (Å²) >= 11 is 3.35. The molecule has 0 aliphatic heterocycles. The number of hydrogen-bond donors (Lipinski definition) is 1. The highest BCUT2D eigenvalue weighted by Gasteiger charge is 2.14. The van der Waals surface area contributed by atoms with Crippen LogP contribution in [0, 0.1) is 0 Å². The molecule has 0 fully saturated rings. The van der Waals surface area contributed by atoms with Gasteiger partial charge >= 0.3 is 0 Å². The predicted molar refractivity (Wildman–Crippen MR) is 68.3 cm³/mol. The zero-order chi connectivity index (χ0) is 11.4. The molecule has 0 heterocycles. The van der Waals surface area contributed by atoms with Gasteiger partial charge in [-0.15, -0.1) is 0 Å². The minimum Gasteiger partial charge on any atom is -0.328 e. The molecule has 0 bridgehead atoms. The van der Waals surface area contributed by atoms with Crippen LogP contribution in [0.4, 0.5) is 0 Å². The van der Waals surface area contributed by atoms with E-state index in [0.717, 1.165) is 15.8 Å². The fourth-order valence-corrected chi connectivity index (χ4v) is 3.02. The molecule has 4 heteroatoms. The minimum absolute atomic E-state index is 0.0967. The Morgan fingerprint density at radius 2 is 1.87 bits per heavy atom. The number of benzene rings is 1. The first-order chi connectivity index (χ1) is 7.00. The first kappa shape index (κ1) is 12.9. The lowest BCUT2D eigenvalue weighted by molar-refractivity contribution is 0.628. The monoisotopic (exact) mass is 289 g/mol. The number of halogens is 1. The van der Waals surface area contributed by atoms with Gasteiger partial charge in [-0.1, -0.05) is 22.9 Å². The van der Waals surface area contributed by atoms with E-state index in [1.54, 1.807) is 0 Å². The molecule has 0 radical (unpaired) electrons.